The number of carbonyl (C=O) groups excluding carboxylic acids is 1. The van der Waals surface area contributed by atoms with Crippen LogP contribution in [-0.2, 0) is 11.3 Å². The summed E-state index contributed by atoms with van der Waals surface area (Å²) in [6.07, 6.45) is 1.64. The third kappa shape index (κ3) is 5.01. The van der Waals surface area contributed by atoms with Gasteiger partial charge in [-0.15, -0.1) is 10.2 Å². The van der Waals surface area contributed by atoms with Gasteiger partial charge in [0.15, 0.2) is 11.0 Å². The van der Waals surface area contributed by atoms with Gasteiger partial charge in [-0.1, -0.05) is 51.5 Å². The van der Waals surface area contributed by atoms with Gasteiger partial charge in [0.05, 0.1) is 18.6 Å². The van der Waals surface area contributed by atoms with Crippen molar-refractivity contribution in [2.24, 2.45) is 0 Å². The fraction of sp³-hybridized carbons (Fsp3) is 0.136. The van der Waals surface area contributed by atoms with Crippen LogP contribution in [0.3, 0.4) is 0 Å². The molecule has 0 fully saturated rings. The van der Waals surface area contributed by atoms with Gasteiger partial charge in [-0.3, -0.25) is 9.36 Å². The molecule has 0 bridgehead atoms. The molecule has 4 aromatic rings. The van der Waals surface area contributed by atoms with E-state index in [1.165, 1.54) is 11.8 Å². The summed E-state index contributed by atoms with van der Waals surface area (Å²) in [6, 6.07) is 19.3. The Morgan fingerprint density at radius 3 is 2.70 bits per heavy atom. The molecule has 0 unspecified atom stereocenters. The molecule has 152 valence electrons. The molecule has 2 aromatic carbocycles. The van der Waals surface area contributed by atoms with Gasteiger partial charge in [0, 0.05) is 15.7 Å². The summed E-state index contributed by atoms with van der Waals surface area (Å²) < 4.78 is 8.46. The minimum atomic E-state index is -0.105. The number of nitrogens with zero attached hydrogens (tertiary/aromatic N) is 3. The van der Waals surface area contributed by atoms with Crippen LogP contribution in [0.2, 0.25) is 0 Å². The minimum absolute atomic E-state index is 0.105. The van der Waals surface area contributed by atoms with Crippen LogP contribution in [0.15, 0.2) is 81.0 Å². The summed E-state index contributed by atoms with van der Waals surface area (Å²) in [5.74, 6) is 1.66. The van der Waals surface area contributed by atoms with Crippen LogP contribution in [-0.4, -0.2) is 26.4 Å². The highest BCUT2D eigenvalue weighted by Crippen LogP contribution is 2.26. The van der Waals surface area contributed by atoms with Crippen molar-refractivity contribution in [3.63, 3.8) is 0 Å². The minimum Gasteiger partial charge on any atom is -0.467 e. The lowest BCUT2D eigenvalue weighted by atomic mass is 10.1. The first-order valence-corrected chi connectivity index (χ1v) is 11.1. The Bertz CT molecular complexity index is 1140. The summed E-state index contributed by atoms with van der Waals surface area (Å²) in [7, 11) is 0. The Morgan fingerprint density at radius 1 is 1.13 bits per heavy atom. The molecule has 30 heavy (non-hydrogen) atoms. The van der Waals surface area contributed by atoms with Gasteiger partial charge < -0.3 is 9.73 Å². The van der Waals surface area contributed by atoms with E-state index in [2.05, 4.69) is 37.5 Å². The Labute approximate surface area is 186 Å². The average molecular weight is 483 g/mol. The summed E-state index contributed by atoms with van der Waals surface area (Å²) >= 11 is 4.73. The molecule has 0 radical (unpaired) electrons. The van der Waals surface area contributed by atoms with E-state index in [1.807, 2.05) is 66.1 Å². The van der Waals surface area contributed by atoms with E-state index in [-0.39, 0.29) is 11.7 Å². The number of thioether (sulfide) groups is 1. The standard InChI is InChI=1S/C22H19BrN4O2S/c1-15-4-2-5-16(12-15)21-25-26-22(27(21)13-19-6-3-11-29-19)30-14-20(28)24-18-9-7-17(23)8-10-18/h2-12H,13-14H2,1H3,(H,24,28). The molecule has 6 nitrogen and oxygen atoms in total. The highest BCUT2D eigenvalue weighted by atomic mass is 79.9. The molecule has 4 rings (SSSR count). The molecule has 0 saturated carbocycles. The zero-order valence-corrected chi connectivity index (χ0v) is 18.6. The lowest BCUT2D eigenvalue weighted by molar-refractivity contribution is -0.113. The Kier molecular flexibility index (Phi) is 6.35. The normalized spacial score (nSPS) is 10.9. The maximum absolute atomic E-state index is 12.4. The SMILES string of the molecule is Cc1cccc(-c2nnc(SCC(=O)Nc3ccc(Br)cc3)n2Cc2ccco2)c1. The van der Waals surface area contributed by atoms with E-state index in [1.54, 1.807) is 6.26 Å². The average Bonchev–Trinajstić information content (AvgIpc) is 3.39. The van der Waals surface area contributed by atoms with E-state index in [4.69, 9.17) is 4.42 Å². The van der Waals surface area contributed by atoms with E-state index in [0.717, 1.165) is 32.9 Å². The van der Waals surface area contributed by atoms with Crippen molar-refractivity contribution in [2.45, 2.75) is 18.6 Å². The maximum Gasteiger partial charge on any atom is 0.234 e. The molecule has 1 amide bonds. The summed E-state index contributed by atoms with van der Waals surface area (Å²) in [5.41, 5.74) is 2.87. The number of rotatable bonds is 7. The van der Waals surface area contributed by atoms with Crippen LogP contribution in [0.1, 0.15) is 11.3 Å². The van der Waals surface area contributed by atoms with Crippen LogP contribution >= 0.6 is 27.7 Å². The van der Waals surface area contributed by atoms with Gasteiger partial charge in [-0.05, 0) is 49.4 Å². The van der Waals surface area contributed by atoms with Gasteiger partial charge in [-0.2, -0.15) is 0 Å². The molecular weight excluding hydrogens is 464 g/mol. The molecule has 0 aliphatic carbocycles. The number of furan rings is 1. The molecule has 2 aromatic heterocycles. The lowest BCUT2D eigenvalue weighted by Crippen LogP contribution is -2.14. The first-order chi connectivity index (χ1) is 14.6. The van der Waals surface area contributed by atoms with Gasteiger partial charge in [0.25, 0.3) is 0 Å². The van der Waals surface area contributed by atoms with E-state index < -0.39 is 0 Å². The number of aryl methyl sites for hydroxylation is 1. The van der Waals surface area contributed by atoms with Crippen molar-refractivity contribution in [2.75, 3.05) is 11.1 Å². The van der Waals surface area contributed by atoms with E-state index >= 15 is 0 Å². The molecule has 0 saturated heterocycles. The zero-order chi connectivity index (χ0) is 20.9. The van der Waals surface area contributed by atoms with Crippen molar-refractivity contribution in [1.82, 2.24) is 14.8 Å². The Hall–Kier alpha value is -2.84. The van der Waals surface area contributed by atoms with Crippen molar-refractivity contribution in [3.05, 3.63) is 82.7 Å². The molecule has 0 aliphatic heterocycles. The Balaban J connectivity index is 1.53. The number of nitrogens with one attached hydrogen (secondary N) is 1. The first-order valence-electron chi connectivity index (χ1n) is 9.29. The molecule has 1 N–H and O–H groups in total. The highest BCUT2D eigenvalue weighted by Gasteiger charge is 2.17. The van der Waals surface area contributed by atoms with Crippen LogP contribution in [0.4, 0.5) is 5.69 Å². The maximum atomic E-state index is 12.4. The molecule has 8 heteroatoms. The first kappa shape index (κ1) is 20.4. The van der Waals surface area contributed by atoms with Gasteiger partial charge in [0.1, 0.15) is 5.76 Å². The quantitative estimate of drug-likeness (QED) is 0.357. The zero-order valence-electron chi connectivity index (χ0n) is 16.2. The number of benzene rings is 2. The highest BCUT2D eigenvalue weighted by molar-refractivity contribution is 9.10. The van der Waals surface area contributed by atoms with Gasteiger partial charge in [-0.25, -0.2) is 0 Å². The number of anilines is 1. The van der Waals surface area contributed by atoms with Crippen molar-refractivity contribution < 1.29 is 9.21 Å². The fourth-order valence-corrected chi connectivity index (χ4v) is 3.96. The second-order valence-electron chi connectivity index (χ2n) is 6.68. The molecule has 0 spiro atoms. The van der Waals surface area contributed by atoms with E-state index in [9.17, 15) is 4.79 Å². The number of hydrogen-bond donors (Lipinski definition) is 1. The molecule has 2 heterocycles. The summed E-state index contributed by atoms with van der Waals surface area (Å²) in [5, 5.41) is 12.3. The number of aromatic nitrogens is 3. The van der Waals surface area contributed by atoms with Gasteiger partial charge >= 0.3 is 0 Å². The smallest absolute Gasteiger partial charge is 0.234 e. The number of halogens is 1. The fourth-order valence-electron chi connectivity index (χ4n) is 2.95. The number of amides is 1. The van der Waals surface area contributed by atoms with Crippen molar-refractivity contribution in [3.8, 4) is 11.4 Å². The van der Waals surface area contributed by atoms with Crippen LogP contribution in [0, 0.1) is 6.92 Å². The van der Waals surface area contributed by atoms with E-state index in [0.29, 0.717) is 11.7 Å². The topological polar surface area (TPSA) is 73.0 Å². The molecular formula is C22H19BrN4O2S. The third-order valence-electron chi connectivity index (χ3n) is 4.35. The van der Waals surface area contributed by atoms with Crippen molar-refractivity contribution in [1.29, 1.82) is 0 Å². The Morgan fingerprint density at radius 2 is 1.97 bits per heavy atom. The summed E-state index contributed by atoms with van der Waals surface area (Å²) in [6.45, 7) is 2.53. The predicted molar refractivity (Wildman–Crippen MR) is 122 cm³/mol. The van der Waals surface area contributed by atoms with Crippen LogP contribution in [0.25, 0.3) is 11.4 Å². The molecule has 0 aliphatic rings. The second-order valence-corrected chi connectivity index (χ2v) is 8.54. The summed E-state index contributed by atoms with van der Waals surface area (Å²) in [4.78, 5) is 12.4. The second kappa shape index (κ2) is 9.32. The van der Waals surface area contributed by atoms with Gasteiger partial charge in [0.2, 0.25) is 5.91 Å². The lowest BCUT2D eigenvalue weighted by Gasteiger charge is -2.09. The number of carbonyl (C=O) groups is 1. The monoisotopic (exact) mass is 482 g/mol. The van der Waals surface area contributed by atoms with Crippen molar-refractivity contribution >= 4 is 39.3 Å². The number of hydrogen-bond acceptors (Lipinski definition) is 5. The third-order valence-corrected chi connectivity index (χ3v) is 5.84. The predicted octanol–water partition coefficient (Wildman–Crippen LogP) is 5.39. The van der Waals surface area contributed by atoms with Crippen LogP contribution < -0.4 is 5.32 Å². The molecule has 0 atom stereocenters. The van der Waals surface area contributed by atoms with Crippen LogP contribution in [0.5, 0.6) is 0 Å². The largest absolute Gasteiger partial charge is 0.467 e.